The number of piperazine rings is 1. The third-order valence-corrected chi connectivity index (χ3v) is 9.56. The summed E-state index contributed by atoms with van der Waals surface area (Å²) in [4.78, 5) is 39.8. The first kappa shape index (κ1) is 33.4. The first-order chi connectivity index (χ1) is 21.7. The predicted molar refractivity (Wildman–Crippen MR) is 179 cm³/mol. The van der Waals surface area contributed by atoms with Crippen molar-refractivity contribution >= 4 is 68.8 Å². The first-order valence-corrected chi connectivity index (χ1v) is 15.6. The molecule has 0 radical (unpaired) electrons. The molecule has 2 aliphatic rings. The van der Waals surface area contributed by atoms with Crippen LogP contribution >= 0.6 is 34.8 Å². The van der Waals surface area contributed by atoms with Crippen LogP contribution in [0.25, 0.3) is 22.3 Å². The monoisotopic (exact) mass is 687 g/mol. The van der Waals surface area contributed by atoms with Crippen molar-refractivity contribution < 1.29 is 13.6 Å². The number of hydrogen-bond acceptors (Lipinski definition) is 7. The van der Waals surface area contributed by atoms with Gasteiger partial charge in [-0.2, -0.15) is 5.26 Å². The Balaban J connectivity index is 1.89. The van der Waals surface area contributed by atoms with Gasteiger partial charge in [0.2, 0.25) is 5.91 Å². The Morgan fingerprint density at radius 2 is 1.89 bits per heavy atom. The van der Waals surface area contributed by atoms with E-state index in [-0.39, 0.29) is 70.1 Å². The number of nitriles is 1. The number of hydrogen-bond donors (Lipinski definition) is 1. The standard InChI is InChI=1S/C32H30Cl3F2N7O2/c1-6-20(45)43-10-9-42(13-16(43)5)30-17-11-19(33)28(21-22(34)23(35)24(36)25(37)26(21)39)41-31(17)44(32(46)18(30)12-38)29-15(4)7-8-40-27(29)14(2)3/h6-8,11,14-16,29H,1,9-10,13,39H2,2-5H3/t15?,16-,29?/m1/s1. The van der Waals surface area contributed by atoms with Gasteiger partial charge in [0.1, 0.15) is 17.3 Å². The highest BCUT2D eigenvalue weighted by Crippen LogP contribution is 2.45. The summed E-state index contributed by atoms with van der Waals surface area (Å²) in [6.07, 6.45) is 4.75. The molecular formula is C32H30Cl3F2N7O2. The van der Waals surface area contributed by atoms with E-state index in [4.69, 9.17) is 45.5 Å². The van der Waals surface area contributed by atoms with Crippen LogP contribution in [0.2, 0.25) is 15.1 Å². The molecule has 1 fully saturated rings. The molecule has 46 heavy (non-hydrogen) atoms. The summed E-state index contributed by atoms with van der Waals surface area (Å²) in [5.41, 5.74) is 5.21. The summed E-state index contributed by atoms with van der Waals surface area (Å²) < 4.78 is 30.7. The second-order valence-electron chi connectivity index (χ2n) is 11.6. The van der Waals surface area contributed by atoms with Crippen molar-refractivity contribution in [3.63, 3.8) is 0 Å². The smallest absolute Gasteiger partial charge is 0.272 e. The summed E-state index contributed by atoms with van der Waals surface area (Å²) in [5, 5.41) is 9.62. The van der Waals surface area contributed by atoms with Crippen molar-refractivity contribution in [2.75, 3.05) is 30.3 Å². The van der Waals surface area contributed by atoms with Gasteiger partial charge in [0.15, 0.2) is 11.6 Å². The number of aromatic nitrogens is 2. The lowest BCUT2D eigenvalue weighted by atomic mass is 9.88. The fourth-order valence-corrected chi connectivity index (χ4v) is 6.91. The van der Waals surface area contributed by atoms with Gasteiger partial charge in [-0.3, -0.25) is 19.1 Å². The van der Waals surface area contributed by atoms with Crippen LogP contribution in [0.5, 0.6) is 0 Å². The zero-order valence-corrected chi connectivity index (χ0v) is 27.7. The molecule has 1 saturated heterocycles. The van der Waals surface area contributed by atoms with Crippen LogP contribution in [-0.4, -0.2) is 51.7 Å². The lowest BCUT2D eigenvalue weighted by Crippen LogP contribution is -2.54. The summed E-state index contributed by atoms with van der Waals surface area (Å²) >= 11 is 19.2. The molecule has 240 valence electrons. The van der Waals surface area contributed by atoms with E-state index in [2.05, 4.69) is 17.6 Å². The second-order valence-corrected chi connectivity index (χ2v) is 12.8. The van der Waals surface area contributed by atoms with Crippen LogP contribution in [0, 0.1) is 34.8 Å². The number of nitrogens with two attached hydrogens (primary N) is 1. The van der Waals surface area contributed by atoms with Gasteiger partial charge in [-0.15, -0.1) is 0 Å². The topological polar surface area (TPSA) is 121 Å². The molecular weight excluding hydrogens is 659 g/mol. The third-order valence-electron chi connectivity index (χ3n) is 8.45. The molecule has 2 unspecified atom stereocenters. The van der Waals surface area contributed by atoms with Crippen molar-refractivity contribution in [2.45, 2.75) is 39.8 Å². The van der Waals surface area contributed by atoms with Crippen LogP contribution < -0.4 is 16.2 Å². The number of amides is 1. The minimum absolute atomic E-state index is 0.0682. The Bertz CT molecular complexity index is 1940. The van der Waals surface area contributed by atoms with Crippen LogP contribution in [0.4, 0.5) is 20.2 Å². The number of nitrogens with zero attached hydrogens (tertiary/aromatic N) is 6. The highest BCUT2D eigenvalue weighted by atomic mass is 35.5. The maximum absolute atomic E-state index is 14.9. The minimum atomic E-state index is -1.43. The molecule has 4 heterocycles. The van der Waals surface area contributed by atoms with Crippen LogP contribution in [0.3, 0.4) is 0 Å². The zero-order valence-electron chi connectivity index (χ0n) is 25.4. The van der Waals surface area contributed by atoms with Crippen molar-refractivity contribution in [3.05, 3.63) is 73.6 Å². The summed E-state index contributed by atoms with van der Waals surface area (Å²) in [6, 6.07) is 2.65. The molecule has 2 N–H and O–H groups in total. The number of carbonyl (C=O) groups is 1. The predicted octanol–water partition coefficient (Wildman–Crippen LogP) is 6.78. The molecule has 0 bridgehead atoms. The Kier molecular flexibility index (Phi) is 9.19. The van der Waals surface area contributed by atoms with E-state index in [0.717, 1.165) is 0 Å². The van der Waals surface area contributed by atoms with Gasteiger partial charge in [0, 0.05) is 54.5 Å². The number of fused-ring (bicyclic) bond motifs is 1. The van der Waals surface area contributed by atoms with Crippen LogP contribution in [0.15, 0.2) is 40.8 Å². The molecule has 5 rings (SSSR count). The van der Waals surface area contributed by atoms with Gasteiger partial charge in [0.25, 0.3) is 5.56 Å². The highest BCUT2D eigenvalue weighted by molar-refractivity contribution is 6.45. The van der Waals surface area contributed by atoms with Crippen LogP contribution in [-0.2, 0) is 4.79 Å². The fraction of sp³-hybridized carbons (Fsp3) is 0.344. The number of aliphatic imine (C=N–C) groups is 1. The summed E-state index contributed by atoms with van der Waals surface area (Å²) in [6.45, 7) is 12.1. The SMILES string of the molecule is C=CC(=O)N1CCN(c2c(C#N)c(=O)n(C3C(C(C)C)=NC=CC3C)c3nc(-c4c(N)c(F)c(F)c(Cl)c4Cl)c(Cl)cc23)C[C@H]1C. The van der Waals surface area contributed by atoms with Crippen molar-refractivity contribution in [3.8, 4) is 17.3 Å². The van der Waals surface area contributed by atoms with E-state index in [1.54, 1.807) is 11.1 Å². The number of anilines is 2. The van der Waals surface area contributed by atoms with Gasteiger partial charge in [-0.25, -0.2) is 13.8 Å². The number of benzene rings is 1. The Morgan fingerprint density at radius 1 is 1.20 bits per heavy atom. The minimum Gasteiger partial charge on any atom is -0.396 e. The van der Waals surface area contributed by atoms with E-state index in [1.165, 1.54) is 16.7 Å². The number of pyridine rings is 2. The molecule has 1 amide bonds. The first-order valence-electron chi connectivity index (χ1n) is 14.5. The fourth-order valence-electron chi connectivity index (χ4n) is 6.21. The lowest BCUT2D eigenvalue weighted by molar-refractivity contribution is -0.128. The van der Waals surface area contributed by atoms with E-state index in [1.807, 2.05) is 38.7 Å². The average molecular weight is 689 g/mol. The highest BCUT2D eigenvalue weighted by Gasteiger charge is 2.36. The van der Waals surface area contributed by atoms with Gasteiger partial charge in [-0.05, 0) is 25.0 Å². The summed E-state index contributed by atoms with van der Waals surface area (Å²) in [7, 11) is 0. The van der Waals surface area contributed by atoms with E-state index < -0.39 is 39.0 Å². The maximum Gasteiger partial charge on any atom is 0.272 e. The molecule has 9 nitrogen and oxygen atoms in total. The zero-order chi connectivity index (χ0) is 33.8. The van der Waals surface area contributed by atoms with Gasteiger partial charge in [0.05, 0.1) is 38.2 Å². The van der Waals surface area contributed by atoms with Crippen molar-refractivity contribution in [1.29, 1.82) is 5.26 Å². The Labute approximate surface area is 279 Å². The van der Waals surface area contributed by atoms with E-state index >= 15 is 0 Å². The largest absolute Gasteiger partial charge is 0.396 e. The average Bonchev–Trinajstić information content (AvgIpc) is 3.02. The third kappa shape index (κ3) is 5.32. The van der Waals surface area contributed by atoms with Gasteiger partial charge in [-0.1, -0.05) is 68.2 Å². The molecule has 14 heteroatoms. The molecule has 2 aromatic heterocycles. The normalized spacial score (nSPS) is 19.8. The van der Waals surface area contributed by atoms with Crippen LogP contribution in [0.1, 0.15) is 39.3 Å². The number of carbonyl (C=O) groups excluding carboxylic acids is 1. The Hall–Kier alpha value is -3.98. The Morgan fingerprint density at radius 3 is 2.50 bits per heavy atom. The number of allylic oxidation sites excluding steroid dienone is 1. The van der Waals surface area contributed by atoms with Crippen molar-refractivity contribution in [1.82, 2.24) is 14.5 Å². The van der Waals surface area contributed by atoms with E-state index in [9.17, 15) is 23.6 Å². The summed E-state index contributed by atoms with van der Waals surface area (Å²) in [5.74, 6) is -3.44. The number of rotatable bonds is 5. The number of nitrogen functional groups attached to an aromatic ring is 1. The number of halogens is 5. The second kappa shape index (κ2) is 12.7. The molecule has 3 aromatic rings. The molecule has 3 atom stereocenters. The van der Waals surface area contributed by atoms with Gasteiger partial charge >= 0.3 is 0 Å². The molecule has 1 aromatic carbocycles. The van der Waals surface area contributed by atoms with Gasteiger partial charge < -0.3 is 15.5 Å². The van der Waals surface area contributed by atoms with Crippen molar-refractivity contribution in [2.24, 2.45) is 16.8 Å². The lowest BCUT2D eigenvalue weighted by Gasteiger charge is -2.41. The molecule has 0 spiro atoms. The molecule has 0 saturated carbocycles. The quantitative estimate of drug-likeness (QED) is 0.137. The van der Waals surface area contributed by atoms with E-state index in [0.29, 0.717) is 17.6 Å². The maximum atomic E-state index is 14.9. The molecule has 2 aliphatic heterocycles. The molecule has 0 aliphatic carbocycles.